The van der Waals surface area contributed by atoms with Crippen molar-refractivity contribution < 1.29 is 14.3 Å². The van der Waals surface area contributed by atoms with Crippen molar-refractivity contribution in [3.63, 3.8) is 0 Å². The fourth-order valence-electron chi connectivity index (χ4n) is 2.99. The van der Waals surface area contributed by atoms with Gasteiger partial charge in [0.15, 0.2) is 0 Å². The van der Waals surface area contributed by atoms with Gasteiger partial charge >= 0.3 is 168 Å². The third kappa shape index (κ3) is 7.94. The zero-order valence-corrected chi connectivity index (χ0v) is 19.8. The van der Waals surface area contributed by atoms with Crippen LogP contribution in [0.15, 0.2) is 12.2 Å². The van der Waals surface area contributed by atoms with E-state index in [1.165, 1.54) is 0 Å². The zero-order chi connectivity index (χ0) is 19.5. The van der Waals surface area contributed by atoms with Gasteiger partial charge in [0, 0.05) is 0 Å². The molecule has 0 aromatic rings. The molecule has 0 saturated heterocycles. The number of ether oxygens (including phenoxy) is 1. The number of hydrogen-bond acceptors (Lipinski definition) is 3. The first-order valence-corrected chi connectivity index (χ1v) is 15.2. The molecule has 0 rings (SSSR count). The number of unbranched alkanes of at least 4 members (excludes halogenated alkanes) is 3. The molecule has 148 valence electrons. The number of alkyl carbamates (subject to hydrolysis) is 1. The quantitative estimate of drug-likeness (QED) is 0.196. The molecule has 0 radical (unpaired) electrons. The number of carbonyl (C=O) groups is 2. The molecule has 25 heavy (non-hydrogen) atoms. The van der Waals surface area contributed by atoms with Crippen molar-refractivity contribution >= 4 is 38.3 Å². The Hall–Kier alpha value is -0.160. The molecule has 0 bridgehead atoms. The maximum absolute atomic E-state index is 12.2. The molecule has 0 fully saturated rings. The van der Waals surface area contributed by atoms with Gasteiger partial charge in [-0.05, 0) is 0 Å². The van der Waals surface area contributed by atoms with Crippen molar-refractivity contribution in [3.8, 4) is 0 Å². The minimum atomic E-state index is -2.24. The average molecular weight is 485 g/mol. The van der Waals surface area contributed by atoms with Gasteiger partial charge < -0.3 is 0 Å². The van der Waals surface area contributed by atoms with Crippen LogP contribution in [0, 0.1) is 0 Å². The van der Waals surface area contributed by atoms with E-state index in [9.17, 15) is 9.59 Å². The van der Waals surface area contributed by atoms with Crippen molar-refractivity contribution in [1.82, 2.24) is 5.32 Å². The zero-order valence-electron chi connectivity index (χ0n) is 16.7. The molecule has 2 amide bonds. The Morgan fingerprint density at radius 3 is 1.76 bits per heavy atom. The van der Waals surface area contributed by atoms with Crippen LogP contribution in [0.3, 0.4) is 0 Å². The maximum atomic E-state index is 12.2. The number of amides is 2. The summed E-state index contributed by atoms with van der Waals surface area (Å²) in [5.74, 6) is -0.615. The normalized spacial score (nSPS) is 14.2. The summed E-state index contributed by atoms with van der Waals surface area (Å²) >= 11 is 2.71. The summed E-state index contributed by atoms with van der Waals surface area (Å²) in [7, 11) is 0. The SMILES string of the molecule is C=C(C)C(=O)NC(=O)OC(C)P(I)(CCCC)(CCCC)CCCC. The minimum absolute atomic E-state index is 0.144. The van der Waals surface area contributed by atoms with Crippen LogP contribution in [0.1, 0.15) is 73.1 Å². The molecular weight excluding hydrogens is 448 g/mol. The Morgan fingerprint density at radius 2 is 1.44 bits per heavy atom. The van der Waals surface area contributed by atoms with E-state index >= 15 is 0 Å². The molecule has 0 aliphatic rings. The number of rotatable bonds is 12. The van der Waals surface area contributed by atoms with E-state index in [0.29, 0.717) is 5.57 Å². The number of hydrogen-bond donors (Lipinski definition) is 1. The van der Waals surface area contributed by atoms with Gasteiger partial charge in [0.25, 0.3) is 0 Å². The Balaban J connectivity index is 5.41. The third-order valence-corrected chi connectivity index (χ3v) is 17.7. The summed E-state index contributed by atoms with van der Waals surface area (Å²) in [6.45, 7) is 13.8. The molecule has 0 aromatic heterocycles. The molecule has 1 N–H and O–H groups in total. The van der Waals surface area contributed by atoms with E-state index in [1.807, 2.05) is 6.92 Å². The predicted octanol–water partition coefficient (Wildman–Crippen LogP) is 6.46. The van der Waals surface area contributed by atoms with Crippen LogP contribution in [-0.2, 0) is 9.53 Å². The molecule has 0 heterocycles. The predicted molar refractivity (Wildman–Crippen MR) is 119 cm³/mol. The van der Waals surface area contributed by atoms with Crippen LogP contribution in [0.5, 0.6) is 0 Å². The van der Waals surface area contributed by atoms with Crippen LogP contribution >= 0.6 is 26.3 Å². The van der Waals surface area contributed by atoms with Gasteiger partial charge in [-0.1, -0.05) is 0 Å². The Morgan fingerprint density at radius 1 is 1.04 bits per heavy atom. The van der Waals surface area contributed by atoms with Gasteiger partial charge in [-0.15, -0.1) is 0 Å². The first-order chi connectivity index (χ1) is 11.6. The van der Waals surface area contributed by atoms with E-state index < -0.39 is 16.2 Å². The second-order valence-electron chi connectivity index (χ2n) is 7.15. The number of halogens is 1. The van der Waals surface area contributed by atoms with Crippen molar-refractivity contribution in [2.24, 2.45) is 0 Å². The molecule has 0 aliphatic carbocycles. The second-order valence-corrected chi connectivity index (χ2v) is 20.4. The summed E-state index contributed by atoms with van der Waals surface area (Å²) in [5, 5.41) is 2.29. The fraction of sp³-hybridized carbons (Fsp3) is 0.789. The van der Waals surface area contributed by atoms with Crippen LogP contribution in [0.2, 0.25) is 0 Å². The molecule has 1 atom stereocenters. The first-order valence-electron chi connectivity index (χ1n) is 9.53. The Labute approximate surface area is 167 Å². The molecule has 6 heteroatoms. The summed E-state index contributed by atoms with van der Waals surface area (Å²) < 4.78 is 3.53. The Kier molecular flexibility index (Phi) is 11.5. The second kappa shape index (κ2) is 11.5. The van der Waals surface area contributed by atoms with Crippen molar-refractivity contribution in [2.75, 3.05) is 18.5 Å². The topological polar surface area (TPSA) is 55.4 Å². The van der Waals surface area contributed by atoms with E-state index in [4.69, 9.17) is 4.74 Å². The molecule has 4 nitrogen and oxygen atoms in total. The number of imide groups is 1. The molecule has 0 saturated carbocycles. The van der Waals surface area contributed by atoms with Gasteiger partial charge in [0.05, 0.1) is 0 Å². The van der Waals surface area contributed by atoms with Gasteiger partial charge in [-0.2, -0.15) is 0 Å². The number of nitrogens with one attached hydrogen (secondary N) is 1. The summed E-state index contributed by atoms with van der Waals surface area (Å²) in [4.78, 5) is 23.9. The fourth-order valence-corrected chi connectivity index (χ4v) is 11.7. The molecule has 1 unspecified atom stereocenters. The summed E-state index contributed by atoms with van der Waals surface area (Å²) in [5.41, 5.74) is 0.305. The van der Waals surface area contributed by atoms with Crippen molar-refractivity contribution in [1.29, 1.82) is 0 Å². The molecule has 0 spiro atoms. The molecular formula is C19H37INO3P. The van der Waals surface area contributed by atoms with Gasteiger partial charge in [0.1, 0.15) is 0 Å². The monoisotopic (exact) mass is 485 g/mol. The van der Waals surface area contributed by atoms with Crippen LogP contribution in [-0.4, -0.2) is 36.3 Å². The van der Waals surface area contributed by atoms with E-state index in [0.717, 1.165) is 57.0 Å². The van der Waals surface area contributed by atoms with E-state index in [2.05, 4.69) is 54.7 Å². The van der Waals surface area contributed by atoms with Crippen LogP contribution in [0.4, 0.5) is 4.79 Å². The Bertz CT molecular complexity index is 443. The average Bonchev–Trinajstić information content (AvgIpc) is 2.56. The van der Waals surface area contributed by atoms with Gasteiger partial charge in [0.2, 0.25) is 0 Å². The first kappa shape index (κ1) is 24.8. The molecule has 0 aromatic carbocycles. The van der Waals surface area contributed by atoms with E-state index in [1.54, 1.807) is 6.92 Å². The van der Waals surface area contributed by atoms with Gasteiger partial charge in [-0.25, -0.2) is 0 Å². The van der Waals surface area contributed by atoms with Crippen LogP contribution in [0.25, 0.3) is 0 Å². The summed E-state index contributed by atoms with van der Waals surface area (Å²) in [6.07, 6.45) is 9.71. The van der Waals surface area contributed by atoms with E-state index in [-0.39, 0.29) is 5.85 Å². The van der Waals surface area contributed by atoms with Gasteiger partial charge in [-0.3, -0.25) is 0 Å². The summed E-state index contributed by atoms with van der Waals surface area (Å²) in [6, 6.07) is 0. The standard InChI is InChI=1S/C19H37INO3P/c1-7-10-13-25(20,14-11-8-2,15-12-9-3)17(6)24-19(23)21-18(22)16(4)5/h17H,4,7-15H2,1-3,5-6H3,(H,21,22,23). The van der Waals surface area contributed by atoms with Crippen molar-refractivity contribution in [2.45, 2.75) is 79.0 Å². The molecule has 0 aliphatic heterocycles. The van der Waals surface area contributed by atoms with Crippen molar-refractivity contribution in [3.05, 3.63) is 12.2 Å². The third-order valence-electron chi connectivity index (χ3n) is 4.91. The van der Waals surface area contributed by atoms with Crippen LogP contribution < -0.4 is 5.32 Å². The number of carbonyl (C=O) groups excluding carboxylic acids is 2.